The predicted molar refractivity (Wildman–Crippen MR) is 87.1 cm³/mol. The van der Waals surface area contributed by atoms with E-state index in [1.165, 1.54) is 37.0 Å². The highest BCUT2D eigenvalue weighted by Gasteiger charge is 2.13. The maximum atomic E-state index is 12.8. The van der Waals surface area contributed by atoms with Crippen molar-refractivity contribution in [3.8, 4) is 0 Å². The fourth-order valence-corrected chi connectivity index (χ4v) is 2.56. The van der Waals surface area contributed by atoms with Crippen LogP contribution >= 0.6 is 0 Å². The van der Waals surface area contributed by atoms with E-state index in [0.717, 1.165) is 30.5 Å². The third-order valence-electron chi connectivity index (χ3n) is 3.79. The Morgan fingerprint density at radius 1 is 1.27 bits per heavy atom. The summed E-state index contributed by atoms with van der Waals surface area (Å²) in [5.41, 5.74) is 5.68. The molecule has 0 spiro atoms. The first-order valence-electron chi connectivity index (χ1n) is 7.98. The molecular formula is C18H23FN2O. The van der Waals surface area contributed by atoms with Gasteiger partial charge in [-0.15, -0.1) is 0 Å². The molecular weight excluding hydrogens is 279 g/mol. The van der Waals surface area contributed by atoms with Crippen LogP contribution in [-0.2, 0) is 11.2 Å². The highest BCUT2D eigenvalue weighted by molar-refractivity contribution is 6.02. The first-order valence-corrected chi connectivity index (χ1v) is 7.98. The van der Waals surface area contributed by atoms with Crippen molar-refractivity contribution in [3.05, 3.63) is 47.3 Å². The van der Waals surface area contributed by atoms with Gasteiger partial charge in [0.2, 0.25) is 5.91 Å². The number of amides is 1. The zero-order valence-electron chi connectivity index (χ0n) is 13.1. The summed E-state index contributed by atoms with van der Waals surface area (Å²) in [6.45, 7) is 2.19. The second-order valence-electron chi connectivity index (χ2n) is 5.62. The minimum atomic E-state index is -0.294. The zero-order valence-corrected chi connectivity index (χ0v) is 13.1. The summed E-state index contributed by atoms with van der Waals surface area (Å²) in [7, 11) is 0. The normalized spacial score (nSPS) is 15.9. The summed E-state index contributed by atoms with van der Waals surface area (Å²) >= 11 is 0. The molecule has 0 saturated heterocycles. The van der Waals surface area contributed by atoms with Gasteiger partial charge in [-0.3, -0.25) is 4.79 Å². The topological polar surface area (TPSA) is 41.5 Å². The molecule has 3 nitrogen and oxygen atoms in total. The SMILES string of the molecule is CCCCCC1=CCC/C1=N/NC(=O)Cc1ccc(F)cc1. The summed E-state index contributed by atoms with van der Waals surface area (Å²) in [5.74, 6) is -0.462. The number of hydrogen-bond donors (Lipinski definition) is 1. The molecule has 1 aromatic rings. The molecule has 1 aliphatic rings. The minimum absolute atomic E-state index is 0.168. The largest absolute Gasteiger partial charge is 0.273 e. The Balaban J connectivity index is 1.83. The van der Waals surface area contributed by atoms with Gasteiger partial charge >= 0.3 is 0 Å². The molecule has 0 unspecified atom stereocenters. The Morgan fingerprint density at radius 3 is 2.77 bits per heavy atom. The Labute approximate surface area is 131 Å². The predicted octanol–water partition coefficient (Wildman–Crippen LogP) is 4.14. The molecule has 2 rings (SSSR count). The van der Waals surface area contributed by atoms with Crippen LogP contribution in [0.25, 0.3) is 0 Å². The number of hydrogen-bond acceptors (Lipinski definition) is 2. The molecule has 0 fully saturated rings. The van der Waals surface area contributed by atoms with Crippen LogP contribution in [0.4, 0.5) is 4.39 Å². The number of nitrogens with one attached hydrogen (secondary N) is 1. The molecule has 118 valence electrons. The molecule has 4 heteroatoms. The Hall–Kier alpha value is -1.97. The standard InChI is InChI=1S/C18H23FN2O/c1-2-3-4-6-15-7-5-8-17(15)20-21-18(22)13-14-9-11-16(19)12-10-14/h7,9-12H,2-6,8,13H2,1H3,(H,21,22)/b20-17-. The maximum Gasteiger partial charge on any atom is 0.244 e. The van der Waals surface area contributed by atoms with Crippen molar-refractivity contribution in [3.63, 3.8) is 0 Å². The van der Waals surface area contributed by atoms with Gasteiger partial charge < -0.3 is 0 Å². The number of carbonyl (C=O) groups excluding carboxylic acids is 1. The number of hydrazone groups is 1. The smallest absolute Gasteiger partial charge is 0.244 e. The summed E-state index contributed by atoms with van der Waals surface area (Å²) in [4.78, 5) is 11.9. The Bertz CT molecular complexity index is 561. The van der Waals surface area contributed by atoms with E-state index in [-0.39, 0.29) is 18.1 Å². The molecule has 0 aromatic heterocycles. The lowest BCUT2D eigenvalue weighted by molar-refractivity contribution is -0.120. The van der Waals surface area contributed by atoms with Gasteiger partial charge in [0.25, 0.3) is 0 Å². The zero-order chi connectivity index (χ0) is 15.8. The van der Waals surface area contributed by atoms with E-state index in [2.05, 4.69) is 23.5 Å². The molecule has 1 aromatic carbocycles. The van der Waals surface area contributed by atoms with Crippen LogP contribution < -0.4 is 5.43 Å². The van der Waals surface area contributed by atoms with Crippen LogP contribution in [0.5, 0.6) is 0 Å². The van der Waals surface area contributed by atoms with E-state index in [1.54, 1.807) is 12.1 Å². The second kappa shape index (κ2) is 8.47. The van der Waals surface area contributed by atoms with Crippen LogP contribution in [-0.4, -0.2) is 11.6 Å². The van der Waals surface area contributed by atoms with Crippen molar-refractivity contribution in [2.24, 2.45) is 5.10 Å². The molecule has 0 aliphatic heterocycles. The Morgan fingerprint density at radius 2 is 2.05 bits per heavy atom. The van der Waals surface area contributed by atoms with Crippen molar-refractivity contribution in [1.82, 2.24) is 5.43 Å². The van der Waals surface area contributed by atoms with Crippen LogP contribution in [0.3, 0.4) is 0 Å². The molecule has 1 aliphatic carbocycles. The van der Waals surface area contributed by atoms with E-state index < -0.39 is 0 Å². The molecule has 22 heavy (non-hydrogen) atoms. The highest BCUT2D eigenvalue weighted by atomic mass is 19.1. The van der Waals surface area contributed by atoms with Crippen molar-refractivity contribution >= 4 is 11.6 Å². The van der Waals surface area contributed by atoms with Crippen LogP contribution in [0, 0.1) is 5.82 Å². The first kappa shape index (κ1) is 16.4. The average molecular weight is 302 g/mol. The molecule has 0 saturated carbocycles. The molecule has 0 bridgehead atoms. The monoisotopic (exact) mass is 302 g/mol. The fraction of sp³-hybridized carbons (Fsp3) is 0.444. The lowest BCUT2D eigenvalue weighted by atomic mass is 10.1. The number of benzene rings is 1. The van der Waals surface area contributed by atoms with Crippen LogP contribution in [0.2, 0.25) is 0 Å². The van der Waals surface area contributed by atoms with Crippen molar-refractivity contribution in [2.45, 2.75) is 51.9 Å². The van der Waals surface area contributed by atoms with Crippen molar-refractivity contribution < 1.29 is 9.18 Å². The lowest BCUT2D eigenvalue weighted by Gasteiger charge is -2.06. The van der Waals surface area contributed by atoms with Gasteiger partial charge in [-0.1, -0.05) is 38.0 Å². The third-order valence-corrected chi connectivity index (χ3v) is 3.79. The van der Waals surface area contributed by atoms with E-state index in [9.17, 15) is 9.18 Å². The number of halogens is 1. The number of allylic oxidation sites excluding steroid dienone is 2. The van der Waals surface area contributed by atoms with Gasteiger partial charge in [0.1, 0.15) is 5.82 Å². The summed E-state index contributed by atoms with van der Waals surface area (Å²) in [6.07, 6.45) is 8.99. The number of rotatable bonds is 7. The highest BCUT2D eigenvalue weighted by Crippen LogP contribution is 2.21. The number of carbonyl (C=O) groups is 1. The molecule has 1 N–H and O–H groups in total. The molecule has 0 atom stereocenters. The molecule has 0 radical (unpaired) electrons. The minimum Gasteiger partial charge on any atom is -0.273 e. The van der Waals surface area contributed by atoms with E-state index >= 15 is 0 Å². The van der Waals surface area contributed by atoms with E-state index in [4.69, 9.17) is 0 Å². The Kier molecular flexibility index (Phi) is 6.31. The van der Waals surface area contributed by atoms with Gasteiger partial charge in [-0.2, -0.15) is 5.10 Å². The number of unbranched alkanes of at least 4 members (excludes halogenated alkanes) is 2. The third kappa shape index (κ3) is 5.10. The fourth-order valence-electron chi connectivity index (χ4n) is 2.56. The quantitative estimate of drug-likeness (QED) is 0.597. The van der Waals surface area contributed by atoms with Gasteiger partial charge in [0.15, 0.2) is 0 Å². The summed E-state index contributed by atoms with van der Waals surface area (Å²) in [5, 5.41) is 4.27. The molecule has 0 heterocycles. The van der Waals surface area contributed by atoms with Crippen molar-refractivity contribution in [2.75, 3.05) is 0 Å². The van der Waals surface area contributed by atoms with E-state index in [0.29, 0.717) is 0 Å². The second-order valence-corrected chi connectivity index (χ2v) is 5.62. The summed E-state index contributed by atoms with van der Waals surface area (Å²) in [6, 6.07) is 5.96. The van der Waals surface area contributed by atoms with Crippen LogP contribution in [0.1, 0.15) is 51.0 Å². The average Bonchev–Trinajstić information content (AvgIpc) is 2.95. The maximum absolute atomic E-state index is 12.8. The van der Waals surface area contributed by atoms with Gasteiger partial charge in [-0.25, -0.2) is 9.82 Å². The van der Waals surface area contributed by atoms with E-state index in [1.807, 2.05) is 0 Å². The van der Waals surface area contributed by atoms with Gasteiger partial charge in [-0.05, 0) is 49.0 Å². The van der Waals surface area contributed by atoms with Gasteiger partial charge in [0.05, 0.1) is 12.1 Å². The molecule has 1 amide bonds. The lowest BCUT2D eigenvalue weighted by Crippen LogP contribution is -2.21. The van der Waals surface area contributed by atoms with Crippen molar-refractivity contribution in [1.29, 1.82) is 0 Å². The van der Waals surface area contributed by atoms with Crippen LogP contribution in [0.15, 0.2) is 41.0 Å². The summed E-state index contributed by atoms with van der Waals surface area (Å²) < 4.78 is 12.8. The number of nitrogens with zero attached hydrogens (tertiary/aromatic N) is 1. The first-order chi connectivity index (χ1) is 10.7. The van der Waals surface area contributed by atoms with Gasteiger partial charge in [0, 0.05) is 0 Å².